The largest absolute Gasteiger partial charge is 0.398 e. The zero-order valence-electron chi connectivity index (χ0n) is 10.4. The number of imidazole rings is 1. The lowest BCUT2D eigenvalue weighted by Crippen LogP contribution is -2.35. The van der Waals surface area contributed by atoms with E-state index < -0.39 is 0 Å². The molecule has 0 saturated carbocycles. The van der Waals surface area contributed by atoms with Crippen LogP contribution in [0, 0.1) is 6.92 Å². The smallest absolute Gasteiger partial charge is 0.261 e. The van der Waals surface area contributed by atoms with E-state index in [0.717, 1.165) is 4.88 Å². The molecule has 18 heavy (non-hydrogen) atoms. The quantitative estimate of drug-likeness (QED) is 0.882. The number of nitrogens with zero attached hydrogens (tertiary/aromatic N) is 2. The number of hydrogen-bond donors (Lipinski definition) is 2. The number of nitrogens with one attached hydrogen (secondary N) is 1. The van der Waals surface area contributed by atoms with Crippen LogP contribution >= 0.6 is 11.3 Å². The van der Waals surface area contributed by atoms with Crippen molar-refractivity contribution in [2.45, 2.75) is 26.4 Å². The highest BCUT2D eigenvalue weighted by atomic mass is 32.1. The molecule has 1 atom stereocenters. The number of nitrogens with two attached hydrogens (primary N) is 1. The molecule has 0 aliphatic rings. The van der Waals surface area contributed by atoms with Gasteiger partial charge in [-0.3, -0.25) is 4.79 Å². The summed E-state index contributed by atoms with van der Waals surface area (Å²) in [6.07, 6.45) is 5.32. The number of carbonyl (C=O) groups excluding carboxylic acids is 1. The van der Waals surface area contributed by atoms with Crippen molar-refractivity contribution < 1.29 is 4.79 Å². The Hall–Kier alpha value is -1.82. The van der Waals surface area contributed by atoms with Crippen molar-refractivity contribution in [1.29, 1.82) is 0 Å². The first-order valence-electron chi connectivity index (χ1n) is 5.69. The number of thiophene rings is 1. The highest BCUT2D eigenvalue weighted by Crippen LogP contribution is 2.23. The van der Waals surface area contributed by atoms with Gasteiger partial charge in [-0.25, -0.2) is 4.98 Å². The minimum atomic E-state index is -0.0765. The van der Waals surface area contributed by atoms with Crippen LogP contribution in [-0.2, 0) is 6.54 Å². The summed E-state index contributed by atoms with van der Waals surface area (Å²) in [4.78, 5) is 17.6. The van der Waals surface area contributed by atoms with Gasteiger partial charge in [0.05, 0.1) is 11.2 Å². The van der Waals surface area contributed by atoms with Gasteiger partial charge in [-0.15, -0.1) is 11.3 Å². The number of hydrogen-bond acceptors (Lipinski definition) is 4. The molecule has 2 heterocycles. The van der Waals surface area contributed by atoms with Crippen molar-refractivity contribution in [3.63, 3.8) is 0 Å². The summed E-state index contributed by atoms with van der Waals surface area (Å²) in [5.74, 6) is -0.0765. The summed E-state index contributed by atoms with van der Waals surface area (Å²) >= 11 is 1.42. The highest BCUT2D eigenvalue weighted by molar-refractivity contribution is 7.14. The molecule has 2 aromatic rings. The number of amides is 1. The van der Waals surface area contributed by atoms with Crippen LogP contribution in [0.2, 0.25) is 0 Å². The van der Waals surface area contributed by atoms with Gasteiger partial charge in [-0.05, 0) is 19.9 Å². The molecule has 0 bridgehead atoms. The molecule has 2 rings (SSSR count). The molecule has 0 aliphatic carbocycles. The fourth-order valence-electron chi connectivity index (χ4n) is 1.66. The molecule has 0 aliphatic heterocycles. The summed E-state index contributed by atoms with van der Waals surface area (Å²) in [6.45, 7) is 4.57. The summed E-state index contributed by atoms with van der Waals surface area (Å²) in [7, 11) is 0. The molecule has 0 saturated heterocycles. The molecule has 3 N–H and O–H groups in total. The van der Waals surface area contributed by atoms with E-state index in [1.807, 2.05) is 24.6 Å². The topological polar surface area (TPSA) is 72.9 Å². The normalized spacial score (nSPS) is 12.3. The molecule has 1 unspecified atom stereocenters. The molecule has 6 heteroatoms. The zero-order valence-corrected chi connectivity index (χ0v) is 11.2. The fraction of sp³-hybridized carbons (Fsp3) is 0.333. The maximum atomic E-state index is 12.0. The first-order chi connectivity index (χ1) is 8.56. The first kappa shape index (κ1) is 12.6. The van der Waals surface area contributed by atoms with Gasteiger partial charge in [0.2, 0.25) is 0 Å². The average molecular weight is 264 g/mol. The predicted octanol–water partition coefficient (Wildman–Crippen LogP) is 1.65. The number of aromatic nitrogens is 2. The fourth-order valence-corrected chi connectivity index (χ4v) is 2.50. The molecule has 0 spiro atoms. The summed E-state index contributed by atoms with van der Waals surface area (Å²) in [5.41, 5.74) is 6.41. The molecule has 1 amide bonds. The van der Waals surface area contributed by atoms with E-state index in [4.69, 9.17) is 5.73 Å². The molecule has 0 fully saturated rings. The number of carbonyl (C=O) groups is 1. The summed E-state index contributed by atoms with van der Waals surface area (Å²) in [5, 5.41) is 2.94. The Bertz CT molecular complexity index is 513. The lowest BCUT2D eigenvalue weighted by molar-refractivity contribution is 0.0941. The van der Waals surface area contributed by atoms with E-state index >= 15 is 0 Å². The van der Waals surface area contributed by atoms with Crippen LogP contribution in [0.3, 0.4) is 0 Å². The van der Waals surface area contributed by atoms with Crippen molar-refractivity contribution in [1.82, 2.24) is 14.9 Å². The first-order valence-corrected chi connectivity index (χ1v) is 6.50. The van der Waals surface area contributed by atoms with Gasteiger partial charge in [0.1, 0.15) is 0 Å². The van der Waals surface area contributed by atoms with E-state index in [1.165, 1.54) is 11.3 Å². The van der Waals surface area contributed by atoms with Gasteiger partial charge in [0.25, 0.3) is 5.91 Å². The third-order valence-electron chi connectivity index (χ3n) is 2.60. The van der Waals surface area contributed by atoms with E-state index in [2.05, 4.69) is 10.3 Å². The van der Waals surface area contributed by atoms with Gasteiger partial charge in [-0.1, -0.05) is 0 Å². The van der Waals surface area contributed by atoms with Gasteiger partial charge in [-0.2, -0.15) is 0 Å². The van der Waals surface area contributed by atoms with Gasteiger partial charge in [0.15, 0.2) is 0 Å². The van der Waals surface area contributed by atoms with Gasteiger partial charge >= 0.3 is 0 Å². The Morgan fingerprint density at radius 1 is 1.67 bits per heavy atom. The molecule has 0 radical (unpaired) electrons. The zero-order chi connectivity index (χ0) is 13.1. The van der Waals surface area contributed by atoms with Crippen molar-refractivity contribution in [3.05, 3.63) is 34.5 Å². The van der Waals surface area contributed by atoms with Crippen molar-refractivity contribution in [3.8, 4) is 0 Å². The number of anilines is 1. The molecule has 0 aromatic carbocycles. The Labute approximate surface area is 110 Å². The van der Waals surface area contributed by atoms with Crippen LogP contribution in [0.25, 0.3) is 0 Å². The Kier molecular flexibility index (Phi) is 3.66. The average Bonchev–Trinajstić information content (AvgIpc) is 2.90. The molecule has 2 aromatic heterocycles. The van der Waals surface area contributed by atoms with Crippen LogP contribution in [0.5, 0.6) is 0 Å². The lowest BCUT2D eigenvalue weighted by atomic mass is 10.3. The van der Waals surface area contributed by atoms with Crippen LogP contribution in [0.1, 0.15) is 21.5 Å². The maximum Gasteiger partial charge on any atom is 0.261 e. The second-order valence-corrected chi connectivity index (χ2v) is 5.51. The summed E-state index contributed by atoms with van der Waals surface area (Å²) in [6, 6.07) is 1.76. The number of nitrogen functional groups attached to an aromatic ring is 1. The van der Waals surface area contributed by atoms with Crippen LogP contribution in [0.4, 0.5) is 5.69 Å². The third kappa shape index (κ3) is 2.89. The molecular formula is C12H16N4OS. The van der Waals surface area contributed by atoms with Crippen LogP contribution in [-0.4, -0.2) is 21.5 Å². The molecule has 96 valence electrons. The van der Waals surface area contributed by atoms with Gasteiger partial charge < -0.3 is 15.6 Å². The molecule has 5 nitrogen and oxygen atoms in total. The molecular weight excluding hydrogens is 248 g/mol. The van der Waals surface area contributed by atoms with Crippen molar-refractivity contribution >= 4 is 22.9 Å². The standard InChI is InChI=1S/C12H16N4OS/c1-8(6-16-4-3-14-7-16)15-12(17)11-5-10(13)9(2)18-11/h3-5,7-8H,6,13H2,1-2H3,(H,15,17). The van der Waals surface area contributed by atoms with E-state index in [0.29, 0.717) is 17.1 Å². The third-order valence-corrected chi connectivity index (χ3v) is 3.67. The van der Waals surface area contributed by atoms with Crippen LogP contribution in [0.15, 0.2) is 24.8 Å². The lowest BCUT2D eigenvalue weighted by Gasteiger charge is -2.13. The Balaban J connectivity index is 1.94. The van der Waals surface area contributed by atoms with Crippen LogP contribution < -0.4 is 11.1 Å². The van der Waals surface area contributed by atoms with E-state index in [1.54, 1.807) is 18.6 Å². The minimum absolute atomic E-state index is 0.0373. The second kappa shape index (κ2) is 5.22. The van der Waals surface area contributed by atoms with Crippen molar-refractivity contribution in [2.24, 2.45) is 0 Å². The van der Waals surface area contributed by atoms with Crippen molar-refractivity contribution in [2.75, 3.05) is 5.73 Å². The second-order valence-electron chi connectivity index (χ2n) is 4.26. The number of rotatable bonds is 4. The monoisotopic (exact) mass is 264 g/mol. The van der Waals surface area contributed by atoms with E-state index in [-0.39, 0.29) is 11.9 Å². The van der Waals surface area contributed by atoms with E-state index in [9.17, 15) is 4.79 Å². The maximum absolute atomic E-state index is 12.0. The Morgan fingerprint density at radius 3 is 3.00 bits per heavy atom. The highest BCUT2D eigenvalue weighted by Gasteiger charge is 2.13. The number of aryl methyl sites for hydroxylation is 1. The minimum Gasteiger partial charge on any atom is -0.398 e. The van der Waals surface area contributed by atoms with Gasteiger partial charge in [0, 0.05) is 35.5 Å². The SMILES string of the molecule is Cc1sc(C(=O)NC(C)Cn2ccnc2)cc1N. The predicted molar refractivity (Wildman–Crippen MR) is 72.6 cm³/mol. The summed E-state index contributed by atoms with van der Waals surface area (Å²) < 4.78 is 1.93. The Morgan fingerprint density at radius 2 is 2.44 bits per heavy atom.